The fourth-order valence-electron chi connectivity index (χ4n) is 4.47. The molecule has 1 aromatic carbocycles. The molecule has 0 atom stereocenters. The number of thiocarbonyl (C=S) groups is 1. The molecule has 9 nitrogen and oxygen atoms in total. The lowest BCUT2D eigenvalue weighted by Gasteiger charge is -2.37. The van der Waals surface area contributed by atoms with Crippen molar-refractivity contribution in [1.29, 1.82) is 0 Å². The first-order chi connectivity index (χ1) is 18.2. The van der Waals surface area contributed by atoms with Gasteiger partial charge in [-0.1, -0.05) is 30.0 Å². The molecule has 0 bridgehead atoms. The van der Waals surface area contributed by atoms with Gasteiger partial charge in [0.15, 0.2) is 0 Å². The molecular formula is C26H24FN5O4S2. The van der Waals surface area contributed by atoms with Crippen LogP contribution in [0.4, 0.5) is 15.9 Å². The number of carboxylic acids is 1. The number of benzene rings is 1. The standard InChI is InChI=1S/C26H24FN5O4S2/c1-16-2-7-21-28-23(30-12-10-29(11-13-30)18-5-3-17(27)4-6-18)19(24(35)32(21)15-16)14-20-25(36)31(26(37)38-20)9-8-22(33)34/h2-7,14-15H,8-13H2,1H3,(H,33,34)/b20-14-. The van der Waals surface area contributed by atoms with Crippen LogP contribution in [0.2, 0.25) is 0 Å². The molecule has 4 heterocycles. The second-order valence-corrected chi connectivity index (χ2v) is 10.7. The smallest absolute Gasteiger partial charge is 0.305 e. The Hall–Kier alpha value is -3.77. The van der Waals surface area contributed by atoms with Gasteiger partial charge in [0, 0.05) is 44.6 Å². The number of hydrogen-bond acceptors (Lipinski definition) is 8. The minimum absolute atomic E-state index is 0.0380. The zero-order chi connectivity index (χ0) is 27.0. The van der Waals surface area contributed by atoms with Crippen molar-refractivity contribution in [3.63, 3.8) is 0 Å². The number of aromatic nitrogens is 2. The Kier molecular flexibility index (Phi) is 7.17. The highest BCUT2D eigenvalue weighted by atomic mass is 32.2. The first-order valence-corrected chi connectivity index (χ1v) is 13.2. The van der Waals surface area contributed by atoms with Crippen LogP contribution >= 0.6 is 24.0 Å². The number of fused-ring (bicyclic) bond motifs is 1. The summed E-state index contributed by atoms with van der Waals surface area (Å²) in [4.78, 5) is 48.2. The van der Waals surface area contributed by atoms with Gasteiger partial charge in [0.25, 0.3) is 11.5 Å². The lowest BCUT2D eigenvalue weighted by Crippen LogP contribution is -2.47. The van der Waals surface area contributed by atoms with Crippen LogP contribution in [-0.2, 0) is 9.59 Å². The number of aliphatic carboxylic acids is 1. The van der Waals surface area contributed by atoms with Crippen LogP contribution in [0.15, 0.2) is 52.3 Å². The van der Waals surface area contributed by atoms with E-state index in [-0.39, 0.29) is 39.1 Å². The summed E-state index contributed by atoms with van der Waals surface area (Å²) in [5.74, 6) is -1.28. The highest BCUT2D eigenvalue weighted by molar-refractivity contribution is 8.26. The van der Waals surface area contributed by atoms with Crippen molar-refractivity contribution in [2.75, 3.05) is 42.5 Å². The molecule has 0 radical (unpaired) electrons. The van der Waals surface area contributed by atoms with Crippen LogP contribution in [0.1, 0.15) is 17.5 Å². The van der Waals surface area contributed by atoms with Crippen molar-refractivity contribution in [2.24, 2.45) is 0 Å². The fraction of sp³-hybridized carbons (Fsp3) is 0.269. The molecule has 3 aromatic rings. The lowest BCUT2D eigenvalue weighted by molar-refractivity contribution is -0.137. The van der Waals surface area contributed by atoms with Crippen LogP contribution in [0.5, 0.6) is 0 Å². The van der Waals surface area contributed by atoms with Crippen LogP contribution in [-0.4, -0.2) is 68.3 Å². The summed E-state index contributed by atoms with van der Waals surface area (Å²) in [5, 5.41) is 9.01. The van der Waals surface area contributed by atoms with Gasteiger partial charge >= 0.3 is 5.97 Å². The molecule has 38 heavy (non-hydrogen) atoms. The predicted octanol–water partition coefficient (Wildman–Crippen LogP) is 3.14. The average molecular weight is 554 g/mol. The van der Waals surface area contributed by atoms with E-state index in [0.29, 0.717) is 37.6 Å². The number of rotatable bonds is 6. The summed E-state index contributed by atoms with van der Waals surface area (Å²) in [6.07, 6.45) is 2.99. The molecule has 2 saturated heterocycles. The van der Waals surface area contributed by atoms with Gasteiger partial charge < -0.3 is 14.9 Å². The number of amides is 1. The number of carbonyl (C=O) groups is 2. The molecule has 2 aliphatic heterocycles. The van der Waals surface area contributed by atoms with Crippen molar-refractivity contribution in [3.05, 3.63) is 74.8 Å². The molecule has 2 aliphatic rings. The van der Waals surface area contributed by atoms with E-state index in [9.17, 15) is 18.8 Å². The summed E-state index contributed by atoms with van der Waals surface area (Å²) >= 11 is 6.35. The van der Waals surface area contributed by atoms with Gasteiger partial charge in [0.1, 0.15) is 21.6 Å². The minimum atomic E-state index is -1.03. The van der Waals surface area contributed by atoms with Crippen LogP contribution in [0.25, 0.3) is 11.7 Å². The van der Waals surface area contributed by atoms with Crippen LogP contribution in [0, 0.1) is 12.7 Å². The Morgan fingerprint density at radius 2 is 1.79 bits per heavy atom. The Morgan fingerprint density at radius 1 is 1.11 bits per heavy atom. The summed E-state index contributed by atoms with van der Waals surface area (Å²) in [6.45, 7) is 4.23. The minimum Gasteiger partial charge on any atom is -0.481 e. The Balaban J connectivity index is 1.50. The maximum Gasteiger partial charge on any atom is 0.305 e. The van der Waals surface area contributed by atoms with E-state index < -0.39 is 11.9 Å². The molecule has 0 spiro atoms. The molecule has 0 unspecified atom stereocenters. The highest BCUT2D eigenvalue weighted by Crippen LogP contribution is 2.34. The molecule has 5 rings (SSSR count). The predicted molar refractivity (Wildman–Crippen MR) is 149 cm³/mol. The van der Waals surface area contributed by atoms with E-state index >= 15 is 0 Å². The van der Waals surface area contributed by atoms with Crippen LogP contribution < -0.4 is 15.4 Å². The van der Waals surface area contributed by atoms with Gasteiger partial charge in [-0.25, -0.2) is 9.37 Å². The number of aryl methyl sites for hydroxylation is 1. The van der Waals surface area contributed by atoms with E-state index in [2.05, 4.69) is 4.90 Å². The largest absolute Gasteiger partial charge is 0.481 e. The van der Waals surface area contributed by atoms with Gasteiger partial charge in [0.05, 0.1) is 16.9 Å². The first-order valence-electron chi connectivity index (χ1n) is 12.0. The molecule has 1 N–H and O–H groups in total. The molecule has 2 fully saturated rings. The number of nitrogens with zero attached hydrogens (tertiary/aromatic N) is 5. The molecule has 12 heteroatoms. The van der Waals surface area contributed by atoms with Gasteiger partial charge in [-0.2, -0.15) is 0 Å². The van der Waals surface area contributed by atoms with E-state index in [1.54, 1.807) is 24.4 Å². The molecule has 2 aromatic heterocycles. The fourth-order valence-corrected chi connectivity index (χ4v) is 5.76. The van der Waals surface area contributed by atoms with Crippen molar-refractivity contribution in [3.8, 4) is 0 Å². The normalized spacial score (nSPS) is 17.2. The highest BCUT2D eigenvalue weighted by Gasteiger charge is 2.33. The van der Waals surface area contributed by atoms with Gasteiger partial charge in [-0.3, -0.25) is 23.7 Å². The number of pyridine rings is 1. The SMILES string of the molecule is Cc1ccc2nc(N3CCN(c4ccc(F)cc4)CC3)c(/C=C3\SC(=S)N(CCC(=O)O)C3=O)c(=O)n2c1. The number of thioether (sulfide) groups is 1. The van der Waals surface area contributed by atoms with E-state index in [1.807, 2.05) is 17.9 Å². The van der Waals surface area contributed by atoms with E-state index in [1.165, 1.54) is 27.5 Å². The molecule has 196 valence electrons. The zero-order valence-corrected chi connectivity index (χ0v) is 22.1. The van der Waals surface area contributed by atoms with Crippen LogP contribution in [0.3, 0.4) is 0 Å². The summed E-state index contributed by atoms with van der Waals surface area (Å²) in [7, 11) is 0. The maximum absolute atomic E-state index is 13.7. The third-order valence-electron chi connectivity index (χ3n) is 6.45. The van der Waals surface area contributed by atoms with Crippen molar-refractivity contribution in [1.82, 2.24) is 14.3 Å². The Labute approximate surface area is 227 Å². The maximum atomic E-state index is 13.7. The number of halogens is 1. The third kappa shape index (κ3) is 5.14. The second-order valence-electron chi connectivity index (χ2n) is 9.02. The summed E-state index contributed by atoms with van der Waals surface area (Å²) < 4.78 is 15.1. The average Bonchev–Trinajstić information content (AvgIpc) is 3.17. The van der Waals surface area contributed by atoms with Gasteiger partial charge in [-0.05, 0) is 48.9 Å². The number of piperazine rings is 1. The molecule has 0 aliphatic carbocycles. The zero-order valence-electron chi connectivity index (χ0n) is 20.5. The van der Waals surface area contributed by atoms with E-state index in [0.717, 1.165) is 23.0 Å². The van der Waals surface area contributed by atoms with Crippen molar-refractivity contribution < 1.29 is 19.1 Å². The molecule has 0 saturated carbocycles. The lowest BCUT2D eigenvalue weighted by atomic mass is 10.2. The number of carboxylic acid groups (broad SMARTS) is 1. The number of hydrogen-bond donors (Lipinski definition) is 1. The van der Waals surface area contributed by atoms with Gasteiger partial charge in [0.2, 0.25) is 0 Å². The van der Waals surface area contributed by atoms with E-state index in [4.69, 9.17) is 22.3 Å². The monoisotopic (exact) mass is 553 g/mol. The molecular weight excluding hydrogens is 529 g/mol. The molecule has 1 amide bonds. The summed E-state index contributed by atoms with van der Waals surface area (Å²) in [6, 6.07) is 10.0. The van der Waals surface area contributed by atoms with Crippen molar-refractivity contribution >= 4 is 63.4 Å². The second kappa shape index (κ2) is 10.5. The Bertz CT molecular complexity index is 1530. The quantitative estimate of drug-likeness (QED) is 0.365. The summed E-state index contributed by atoms with van der Waals surface area (Å²) in [5.41, 5.74) is 2.24. The number of carbonyl (C=O) groups excluding carboxylic acids is 1. The van der Waals surface area contributed by atoms with Gasteiger partial charge in [-0.15, -0.1) is 0 Å². The number of anilines is 2. The topological polar surface area (TPSA) is 98.5 Å². The van der Waals surface area contributed by atoms with Crippen molar-refractivity contribution in [2.45, 2.75) is 13.3 Å². The third-order valence-corrected chi connectivity index (χ3v) is 7.83. The Morgan fingerprint density at radius 3 is 2.47 bits per heavy atom. The first kappa shape index (κ1) is 25.9.